The van der Waals surface area contributed by atoms with Crippen LogP contribution in [0.1, 0.15) is 12.5 Å². The van der Waals surface area contributed by atoms with E-state index < -0.39 is 11.9 Å². The molecule has 0 saturated heterocycles. The zero-order valence-electron chi connectivity index (χ0n) is 11.6. The molecule has 0 aliphatic heterocycles. The molecule has 20 heavy (non-hydrogen) atoms. The van der Waals surface area contributed by atoms with E-state index in [4.69, 9.17) is 10.2 Å². The Balaban J connectivity index is 0. The molecule has 0 aliphatic carbocycles. The van der Waals surface area contributed by atoms with Crippen molar-refractivity contribution in [2.24, 2.45) is 0 Å². The van der Waals surface area contributed by atoms with Gasteiger partial charge in [-0.05, 0) is 0 Å². The Kier molecular flexibility index (Phi) is 14.2. The predicted molar refractivity (Wildman–Crippen MR) is 71.7 cm³/mol. The van der Waals surface area contributed by atoms with Crippen LogP contribution in [0.2, 0.25) is 0 Å². The Morgan fingerprint density at radius 2 is 1.65 bits per heavy atom. The maximum Gasteiger partial charge on any atom is 0.317 e. The van der Waals surface area contributed by atoms with Gasteiger partial charge in [-0.15, -0.1) is 6.54 Å². The van der Waals surface area contributed by atoms with Gasteiger partial charge in [-0.2, -0.15) is 35.9 Å². The van der Waals surface area contributed by atoms with Gasteiger partial charge in [-0.25, -0.2) is 0 Å². The van der Waals surface area contributed by atoms with E-state index in [2.05, 4.69) is 32.0 Å². The summed E-state index contributed by atoms with van der Waals surface area (Å²) in [5.41, 5.74) is 1.38. The molecule has 0 amide bonds. The molecular weight excluding hydrogens is 335 g/mol. The molecule has 2 N–H and O–H groups in total. The largest absolute Gasteiger partial charge is 0.480 e. The van der Waals surface area contributed by atoms with Crippen molar-refractivity contribution in [3.63, 3.8) is 0 Å². The van der Waals surface area contributed by atoms with E-state index in [0.29, 0.717) is 0 Å². The van der Waals surface area contributed by atoms with Gasteiger partial charge in [0.2, 0.25) is 0 Å². The fourth-order valence-corrected chi connectivity index (χ4v) is 1.25. The molecule has 5 nitrogen and oxygen atoms in total. The smallest absolute Gasteiger partial charge is 0.317 e. The monoisotopic (exact) mass is 354 g/mol. The van der Waals surface area contributed by atoms with Crippen LogP contribution in [0.25, 0.3) is 0 Å². The number of aryl methyl sites for hydroxylation is 1. The molecule has 0 heterocycles. The minimum Gasteiger partial charge on any atom is -0.480 e. The van der Waals surface area contributed by atoms with Crippen LogP contribution in [0, 0.1) is 13.0 Å². The van der Waals surface area contributed by atoms with Crippen LogP contribution < -0.4 is 0 Å². The third kappa shape index (κ3) is 12.3. The molecule has 0 bridgehead atoms. The summed E-state index contributed by atoms with van der Waals surface area (Å²) < 4.78 is 0. The molecule has 6 heteroatoms. The second-order valence-corrected chi connectivity index (χ2v) is 3.76. The molecule has 0 atom stereocenters. The molecule has 0 aliphatic rings. The number of carbonyl (C=O) groups is 2. The van der Waals surface area contributed by atoms with E-state index in [0.717, 1.165) is 6.42 Å². The van der Waals surface area contributed by atoms with Crippen LogP contribution >= 0.6 is 0 Å². The average molecular weight is 354 g/mol. The number of aliphatic carboxylic acids is 2. The van der Waals surface area contributed by atoms with Crippen LogP contribution in [-0.4, -0.2) is 46.7 Å². The minimum absolute atomic E-state index is 0. The second kappa shape index (κ2) is 13.2. The molecule has 1 radical (unpaired) electrons. The van der Waals surface area contributed by atoms with Gasteiger partial charge in [0.1, 0.15) is 0 Å². The first-order chi connectivity index (χ1) is 8.99. The Bertz CT molecular complexity index is 368. The quantitative estimate of drug-likeness (QED) is 0.754. The maximum atomic E-state index is 10.1. The summed E-state index contributed by atoms with van der Waals surface area (Å²) in [5.74, 6) is -2.09. The van der Waals surface area contributed by atoms with Crippen molar-refractivity contribution in [1.29, 1.82) is 0 Å². The third-order valence-corrected chi connectivity index (χ3v) is 2.23. The van der Waals surface area contributed by atoms with Gasteiger partial charge >= 0.3 is 11.9 Å². The number of hydrogen-bond acceptors (Lipinski definition) is 3. The summed E-state index contributed by atoms with van der Waals surface area (Å²) in [7, 11) is 0. The molecule has 0 fully saturated rings. The van der Waals surface area contributed by atoms with E-state index >= 15 is 0 Å². The predicted octanol–water partition coefficient (Wildman–Crippen LogP) is 1.34. The Morgan fingerprint density at radius 1 is 1.20 bits per heavy atom. The van der Waals surface area contributed by atoms with Crippen LogP contribution in [-0.2, 0) is 48.7 Å². The summed E-state index contributed by atoms with van der Waals surface area (Å²) in [6.45, 7) is 5.15. The zero-order chi connectivity index (χ0) is 14.7. The van der Waals surface area contributed by atoms with Gasteiger partial charge in [0.05, 0.1) is 13.1 Å². The number of carboxylic acids is 2. The summed E-state index contributed by atoms with van der Waals surface area (Å²) >= 11 is 0. The van der Waals surface area contributed by atoms with Gasteiger partial charge in [-0.3, -0.25) is 9.59 Å². The number of nitrogens with zero attached hydrogens (tertiary/aromatic N) is 1. The van der Waals surface area contributed by atoms with E-state index in [-0.39, 0.29) is 52.3 Å². The second-order valence-electron chi connectivity index (χ2n) is 3.76. The number of hydrogen-bond donors (Lipinski definition) is 2. The molecule has 0 aromatic heterocycles. The van der Waals surface area contributed by atoms with Crippen molar-refractivity contribution in [1.82, 2.24) is 4.90 Å². The van der Waals surface area contributed by atoms with E-state index in [1.807, 2.05) is 12.1 Å². The Morgan fingerprint density at radius 3 is 1.90 bits per heavy atom. The Hall–Kier alpha value is -0.776. The normalized spacial score (nSPS) is 9.15. The first-order valence-electron chi connectivity index (χ1n) is 5.89. The molecule has 1 rings (SSSR count). The van der Waals surface area contributed by atoms with Crippen molar-refractivity contribution < 1.29 is 52.5 Å². The maximum absolute atomic E-state index is 10.1. The molecule has 0 saturated carbocycles. The summed E-state index contributed by atoms with van der Waals surface area (Å²) in [5, 5.41) is 16.5. The topological polar surface area (TPSA) is 77.8 Å². The van der Waals surface area contributed by atoms with Gasteiger partial charge < -0.3 is 22.0 Å². The van der Waals surface area contributed by atoms with Crippen molar-refractivity contribution in [3.05, 3.63) is 42.8 Å². The zero-order valence-corrected chi connectivity index (χ0v) is 14.4. The number of carboxylic acid groups (broad SMARTS) is 2. The Labute approximate surface area is 144 Å². The first kappa shape index (κ1) is 21.5. The molecule has 0 spiro atoms. The fraction of sp³-hybridized carbons (Fsp3) is 0.357. The minimum atomic E-state index is -1.05. The van der Waals surface area contributed by atoms with Crippen LogP contribution in [0.15, 0.2) is 24.3 Å². The SMILES string of the molecule is CCc1cc[c-]cc1.[CH2-]CN(CC(=O)O)CC(=O)O.[Y]. The van der Waals surface area contributed by atoms with Crippen molar-refractivity contribution >= 4 is 11.9 Å². The van der Waals surface area contributed by atoms with Crippen LogP contribution in [0.3, 0.4) is 0 Å². The van der Waals surface area contributed by atoms with Gasteiger partial charge in [0, 0.05) is 32.7 Å². The molecule has 1 aromatic rings. The fourth-order valence-electron chi connectivity index (χ4n) is 1.25. The average Bonchev–Trinajstić information content (AvgIpc) is 2.38. The van der Waals surface area contributed by atoms with E-state index in [1.54, 1.807) is 0 Å². The number of rotatable bonds is 6. The summed E-state index contributed by atoms with van der Waals surface area (Å²) in [4.78, 5) is 21.4. The van der Waals surface area contributed by atoms with Crippen LogP contribution in [0.4, 0.5) is 0 Å². The third-order valence-electron chi connectivity index (χ3n) is 2.23. The molecule has 109 valence electrons. The molecular formula is C14H19NO4Y-2. The van der Waals surface area contributed by atoms with E-state index in [1.165, 1.54) is 10.5 Å². The van der Waals surface area contributed by atoms with Crippen molar-refractivity contribution in [2.75, 3.05) is 19.6 Å². The van der Waals surface area contributed by atoms with Crippen LogP contribution in [0.5, 0.6) is 0 Å². The van der Waals surface area contributed by atoms with Crippen molar-refractivity contribution in [2.45, 2.75) is 13.3 Å². The molecule has 0 unspecified atom stereocenters. The van der Waals surface area contributed by atoms with Crippen molar-refractivity contribution in [3.8, 4) is 0 Å². The van der Waals surface area contributed by atoms with Gasteiger partial charge in [0.25, 0.3) is 0 Å². The van der Waals surface area contributed by atoms with E-state index in [9.17, 15) is 9.59 Å². The number of benzene rings is 1. The van der Waals surface area contributed by atoms with Gasteiger partial charge in [-0.1, -0.05) is 13.3 Å². The first-order valence-corrected chi connectivity index (χ1v) is 5.89. The molecule has 1 aromatic carbocycles. The standard InChI is InChI=1S/C8H9.C6H10NO4.Y/c1-2-8-6-4-3-5-7-8;1-2-7(3-5(8)9)4-6(10)11;/h4-7H,2H2,1H3;1-4H2,(H,8,9)(H,10,11);/q2*-1;. The summed E-state index contributed by atoms with van der Waals surface area (Å²) in [6, 6.07) is 11.0. The summed E-state index contributed by atoms with van der Waals surface area (Å²) in [6.07, 6.45) is 1.12. The van der Waals surface area contributed by atoms with Gasteiger partial charge in [0.15, 0.2) is 0 Å².